The predicted molar refractivity (Wildman–Crippen MR) is 398 cm³/mol. The normalized spacial score (nSPS) is 12.4. The summed E-state index contributed by atoms with van der Waals surface area (Å²) < 4.78 is 5.53. The Balaban J connectivity index is 3.30. The summed E-state index contributed by atoms with van der Waals surface area (Å²) >= 11 is 0. The molecule has 0 saturated heterocycles. The Labute approximate surface area is 566 Å². The highest BCUT2D eigenvalue weighted by atomic mass is 16.5. The van der Waals surface area contributed by atoms with E-state index < -0.39 is 12.1 Å². The van der Waals surface area contributed by atoms with Crippen LogP contribution in [0.3, 0.4) is 0 Å². The summed E-state index contributed by atoms with van der Waals surface area (Å²) in [5, 5.41) is 23.5. The summed E-state index contributed by atoms with van der Waals surface area (Å²) in [5.74, 6) is 0.00398. The number of carbonyl (C=O) groups is 2. The van der Waals surface area contributed by atoms with Crippen molar-refractivity contribution in [1.82, 2.24) is 5.32 Å². The Kier molecular flexibility index (Phi) is 79.3. The van der Waals surface area contributed by atoms with Gasteiger partial charge in [0, 0.05) is 12.8 Å². The SMILES string of the molecule is CCCCCCCCCCCCCCCCCCCCCCCCC(O)C(CO)NC(=O)CCCCCCCCCCCCCCCCCCCCCCCCCCCCCCCCCCOC(=O)CCCCCCCCCCCCCCCCCCCCC. The molecule has 538 valence electrons. The summed E-state index contributed by atoms with van der Waals surface area (Å²) in [6.45, 7) is 5.03. The van der Waals surface area contributed by atoms with Crippen LogP contribution in [0.1, 0.15) is 502 Å². The molecule has 0 bridgehead atoms. The number of aliphatic hydroxyl groups excluding tert-OH is 2. The predicted octanol–water partition coefficient (Wildman–Crippen LogP) is 28.1. The van der Waals surface area contributed by atoms with E-state index in [1.807, 2.05) is 0 Å². The van der Waals surface area contributed by atoms with E-state index >= 15 is 0 Å². The molecule has 0 aromatic carbocycles. The zero-order valence-corrected chi connectivity index (χ0v) is 61.9. The molecule has 1 amide bonds. The lowest BCUT2D eigenvalue weighted by molar-refractivity contribution is -0.143. The van der Waals surface area contributed by atoms with Crippen LogP contribution in [0.4, 0.5) is 0 Å². The Morgan fingerprint density at radius 2 is 0.456 bits per heavy atom. The van der Waals surface area contributed by atoms with Crippen molar-refractivity contribution in [3.05, 3.63) is 0 Å². The second-order valence-corrected chi connectivity index (χ2v) is 29.5. The smallest absolute Gasteiger partial charge is 0.305 e. The minimum Gasteiger partial charge on any atom is -0.466 e. The van der Waals surface area contributed by atoms with Gasteiger partial charge in [-0.2, -0.15) is 0 Å². The first-order valence-corrected chi connectivity index (χ1v) is 42.3. The first kappa shape index (κ1) is 88.9. The lowest BCUT2D eigenvalue weighted by Crippen LogP contribution is -2.45. The molecule has 0 aliphatic heterocycles. The summed E-state index contributed by atoms with van der Waals surface area (Å²) in [7, 11) is 0. The number of ether oxygens (including phenoxy) is 1. The lowest BCUT2D eigenvalue weighted by atomic mass is 10.0. The largest absolute Gasteiger partial charge is 0.466 e. The maximum atomic E-state index is 12.6. The highest BCUT2D eigenvalue weighted by Gasteiger charge is 2.20. The van der Waals surface area contributed by atoms with E-state index in [9.17, 15) is 19.8 Å². The molecule has 2 unspecified atom stereocenters. The van der Waals surface area contributed by atoms with Gasteiger partial charge in [-0.1, -0.05) is 463 Å². The fourth-order valence-electron chi connectivity index (χ4n) is 14.0. The van der Waals surface area contributed by atoms with Crippen molar-refractivity contribution in [2.45, 2.75) is 514 Å². The number of unbranched alkanes of at least 4 members (excludes halogenated alkanes) is 70. The zero-order chi connectivity index (χ0) is 64.9. The van der Waals surface area contributed by atoms with E-state index in [4.69, 9.17) is 4.74 Å². The average molecular weight is 1270 g/mol. The molecule has 2 atom stereocenters. The van der Waals surface area contributed by atoms with Gasteiger partial charge < -0.3 is 20.3 Å². The number of esters is 1. The molecular formula is C84H167NO5. The number of carbonyl (C=O) groups excluding carboxylic acids is 2. The molecule has 0 aliphatic rings. The van der Waals surface area contributed by atoms with Gasteiger partial charge in [-0.15, -0.1) is 0 Å². The quantitative estimate of drug-likeness (QED) is 0.0417. The molecule has 0 saturated carbocycles. The molecular weight excluding hydrogens is 1100 g/mol. The van der Waals surface area contributed by atoms with E-state index in [-0.39, 0.29) is 18.5 Å². The first-order chi connectivity index (χ1) is 44.5. The van der Waals surface area contributed by atoms with Crippen molar-refractivity contribution >= 4 is 11.9 Å². The second kappa shape index (κ2) is 80.3. The number of amides is 1. The molecule has 0 heterocycles. The summed E-state index contributed by atoms with van der Waals surface area (Å²) in [6.07, 6.45) is 101. The summed E-state index contributed by atoms with van der Waals surface area (Å²) in [5.41, 5.74) is 0. The molecule has 0 radical (unpaired) electrons. The van der Waals surface area contributed by atoms with Crippen LogP contribution in [0.2, 0.25) is 0 Å². The van der Waals surface area contributed by atoms with Crippen molar-refractivity contribution in [1.29, 1.82) is 0 Å². The van der Waals surface area contributed by atoms with Crippen LogP contribution in [-0.2, 0) is 14.3 Å². The highest BCUT2D eigenvalue weighted by molar-refractivity contribution is 5.76. The minimum absolute atomic E-state index is 0.0238. The molecule has 6 nitrogen and oxygen atoms in total. The van der Waals surface area contributed by atoms with Crippen molar-refractivity contribution in [3.63, 3.8) is 0 Å². The summed E-state index contributed by atoms with van der Waals surface area (Å²) in [6, 6.07) is -0.538. The zero-order valence-electron chi connectivity index (χ0n) is 61.9. The van der Waals surface area contributed by atoms with Gasteiger partial charge in [0.1, 0.15) is 0 Å². The highest BCUT2D eigenvalue weighted by Crippen LogP contribution is 2.21. The minimum atomic E-state index is -0.662. The van der Waals surface area contributed by atoms with Crippen molar-refractivity contribution in [2.75, 3.05) is 13.2 Å². The van der Waals surface area contributed by atoms with E-state index in [2.05, 4.69) is 19.2 Å². The van der Waals surface area contributed by atoms with Crippen molar-refractivity contribution in [3.8, 4) is 0 Å². The van der Waals surface area contributed by atoms with Gasteiger partial charge >= 0.3 is 5.97 Å². The third-order valence-corrected chi connectivity index (χ3v) is 20.4. The lowest BCUT2D eigenvalue weighted by Gasteiger charge is -2.22. The second-order valence-electron chi connectivity index (χ2n) is 29.5. The molecule has 90 heavy (non-hydrogen) atoms. The number of hydrogen-bond donors (Lipinski definition) is 3. The maximum absolute atomic E-state index is 12.6. The van der Waals surface area contributed by atoms with Crippen LogP contribution in [0.25, 0.3) is 0 Å². The molecule has 3 N–H and O–H groups in total. The van der Waals surface area contributed by atoms with Gasteiger partial charge in [-0.3, -0.25) is 9.59 Å². The molecule has 0 aliphatic carbocycles. The first-order valence-electron chi connectivity index (χ1n) is 42.3. The van der Waals surface area contributed by atoms with Gasteiger partial charge in [0.05, 0.1) is 25.4 Å². The summed E-state index contributed by atoms with van der Waals surface area (Å²) in [4.78, 5) is 24.7. The maximum Gasteiger partial charge on any atom is 0.305 e. The van der Waals surface area contributed by atoms with Crippen LogP contribution < -0.4 is 5.32 Å². The van der Waals surface area contributed by atoms with Crippen LogP contribution >= 0.6 is 0 Å². The topological polar surface area (TPSA) is 95.9 Å². The van der Waals surface area contributed by atoms with Crippen LogP contribution in [-0.4, -0.2) is 47.4 Å². The fraction of sp³-hybridized carbons (Fsp3) is 0.976. The Morgan fingerprint density at radius 1 is 0.267 bits per heavy atom. The third kappa shape index (κ3) is 75.9. The Bertz CT molecular complexity index is 1320. The third-order valence-electron chi connectivity index (χ3n) is 20.4. The molecule has 6 heteroatoms. The Morgan fingerprint density at radius 3 is 0.678 bits per heavy atom. The van der Waals surface area contributed by atoms with Gasteiger partial charge in [-0.25, -0.2) is 0 Å². The van der Waals surface area contributed by atoms with Gasteiger partial charge in [0.2, 0.25) is 5.91 Å². The van der Waals surface area contributed by atoms with Gasteiger partial charge in [0.15, 0.2) is 0 Å². The number of nitrogens with one attached hydrogen (secondary N) is 1. The van der Waals surface area contributed by atoms with Crippen molar-refractivity contribution in [2.24, 2.45) is 0 Å². The molecule has 0 aromatic rings. The molecule has 0 rings (SSSR count). The molecule has 0 spiro atoms. The molecule has 0 aromatic heterocycles. The Hall–Kier alpha value is -1.14. The van der Waals surface area contributed by atoms with Gasteiger partial charge in [0.25, 0.3) is 0 Å². The molecule has 0 fully saturated rings. The van der Waals surface area contributed by atoms with Crippen LogP contribution in [0, 0.1) is 0 Å². The number of aliphatic hydroxyl groups is 2. The average Bonchev–Trinajstić information content (AvgIpc) is 3.72. The van der Waals surface area contributed by atoms with E-state index in [0.717, 1.165) is 38.5 Å². The van der Waals surface area contributed by atoms with Gasteiger partial charge in [-0.05, 0) is 25.7 Å². The number of hydrogen-bond acceptors (Lipinski definition) is 5. The number of rotatable bonds is 81. The standard InChI is InChI=1S/C84H167NO5/c1-3-5-7-9-11-13-15-17-19-21-23-24-37-41-44-48-52-56-60-64-68-72-76-82(87)81(80-86)85-83(88)77-73-69-65-61-57-53-49-45-42-38-35-33-31-29-27-25-26-28-30-32-34-36-39-43-47-51-55-59-63-67-71-75-79-90-84(89)78-74-70-66-62-58-54-50-46-40-22-20-18-16-14-12-10-8-6-4-2/h81-82,86-87H,3-80H2,1-2H3,(H,85,88). The van der Waals surface area contributed by atoms with Crippen LogP contribution in [0.15, 0.2) is 0 Å². The monoisotopic (exact) mass is 1270 g/mol. The van der Waals surface area contributed by atoms with E-state index in [1.165, 1.54) is 430 Å². The fourth-order valence-corrected chi connectivity index (χ4v) is 14.0. The van der Waals surface area contributed by atoms with Crippen molar-refractivity contribution < 1.29 is 24.5 Å². The van der Waals surface area contributed by atoms with Crippen LogP contribution in [0.5, 0.6) is 0 Å². The van der Waals surface area contributed by atoms with E-state index in [0.29, 0.717) is 25.9 Å². The van der Waals surface area contributed by atoms with E-state index in [1.54, 1.807) is 0 Å².